The van der Waals surface area contributed by atoms with E-state index >= 15 is 0 Å². The number of carbonyl (C=O) groups is 1. The van der Waals surface area contributed by atoms with Crippen LogP contribution in [0.1, 0.15) is 16.2 Å². The van der Waals surface area contributed by atoms with Gasteiger partial charge >= 0.3 is 5.91 Å². The highest BCUT2D eigenvalue weighted by atomic mass is 32.1. The quantitative estimate of drug-likeness (QED) is 0.699. The van der Waals surface area contributed by atoms with Crippen LogP contribution in [0.15, 0.2) is 52.5 Å². The van der Waals surface area contributed by atoms with Gasteiger partial charge in [0.1, 0.15) is 0 Å². The Labute approximate surface area is 124 Å². The fraction of sp³-hybridized carbons (Fsp3) is 0.133. The molecule has 5 nitrogen and oxygen atoms in total. The first-order valence-corrected chi connectivity index (χ1v) is 7.22. The second-order valence-corrected chi connectivity index (χ2v) is 5.51. The number of fused-ring (bicyclic) bond motifs is 1. The summed E-state index contributed by atoms with van der Waals surface area (Å²) in [5, 5.41) is 3.71. The fourth-order valence-corrected chi connectivity index (χ4v) is 3.06. The van der Waals surface area contributed by atoms with E-state index in [4.69, 9.17) is 4.52 Å². The first-order valence-electron chi connectivity index (χ1n) is 6.40. The van der Waals surface area contributed by atoms with Crippen molar-refractivity contribution < 1.29 is 9.32 Å². The van der Waals surface area contributed by atoms with Gasteiger partial charge in [-0.05, 0) is 19.1 Å². The predicted octanol–water partition coefficient (Wildman–Crippen LogP) is 2.93. The van der Waals surface area contributed by atoms with Crippen molar-refractivity contribution in [2.75, 3.05) is 0 Å². The van der Waals surface area contributed by atoms with Gasteiger partial charge in [0.15, 0.2) is 4.80 Å². The molecule has 3 rings (SSSR count). The number of para-hydroxylation sites is 1. The van der Waals surface area contributed by atoms with Crippen LogP contribution in [-0.2, 0) is 6.54 Å². The van der Waals surface area contributed by atoms with Crippen molar-refractivity contribution in [2.24, 2.45) is 4.99 Å². The zero-order valence-electron chi connectivity index (χ0n) is 11.4. The summed E-state index contributed by atoms with van der Waals surface area (Å²) in [4.78, 5) is 16.9. The lowest BCUT2D eigenvalue weighted by Gasteiger charge is -1.99. The van der Waals surface area contributed by atoms with Gasteiger partial charge in [0.05, 0.1) is 15.9 Å². The molecule has 0 spiro atoms. The Bertz CT molecular complexity index is 886. The van der Waals surface area contributed by atoms with Gasteiger partial charge in [-0.2, -0.15) is 4.99 Å². The van der Waals surface area contributed by atoms with Crippen LogP contribution in [-0.4, -0.2) is 15.6 Å². The number of carbonyl (C=O) groups excluding carboxylic acids is 1. The molecule has 0 bridgehead atoms. The number of benzene rings is 1. The van der Waals surface area contributed by atoms with E-state index in [1.165, 1.54) is 11.3 Å². The number of allylic oxidation sites excluding steroid dienone is 1. The first-order chi connectivity index (χ1) is 10.2. The summed E-state index contributed by atoms with van der Waals surface area (Å²) in [6.07, 6.45) is 1.78. The summed E-state index contributed by atoms with van der Waals surface area (Å²) in [7, 11) is 0. The van der Waals surface area contributed by atoms with E-state index in [1.54, 1.807) is 19.1 Å². The van der Waals surface area contributed by atoms with Crippen LogP contribution in [0.25, 0.3) is 10.2 Å². The van der Waals surface area contributed by atoms with E-state index in [0.29, 0.717) is 17.0 Å². The van der Waals surface area contributed by atoms with Crippen LogP contribution in [0.4, 0.5) is 0 Å². The van der Waals surface area contributed by atoms with E-state index in [0.717, 1.165) is 10.2 Å². The van der Waals surface area contributed by atoms with Crippen LogP contribution >= 0.6 is 11.3 Å². The summed E-state index contributed by atoms with van der Waals surface area (Å²) < 4.78 is 7.98. The maximum absolute atomic E-state index is 12.1. The first kappa shape index (κ1) is 13.5. The van der Waals surface area contributed by atoms with Gasteiger partial charge < -0.3 is 9.09 Å². The van der Waals surface area contributed by atoms with Gasteiger partial charge in [-0.1, -0.05) is 34.7 Å². The molecule has 0 fully saturated rings. The van der Waals surface area contributed by atoms with Crippen LogP contribution in [0, 0.1) is 6.92 Å². The second kappa shape index (κ2) is 5.49. The van der Waals surface area contributed by atoms with Gasteiger partial charge in [-0.15, -0.1) is 6.58 Å². The number of hydrogen-bond acceptors (Lipinski definition) is 4. The summed E-state index contributed by atoms with van der Waals surface area (Å²) in [6.45, 7) is 6.10. The lowest BCUT2D eigenvalue weighted by Crippen LogP contribution is -2.16. The average molecular weight is 299 g/mol. The Balaban J connectivity index is 2.14. The molecule has 0 aliphatic heterocycles. The van der Waals surface area contributed by atoms with Gasteiger partial charge in [0.25, 0.3) is 0 Å². The van der Waals surface area contributed by atoms with Gasteiger partial charge in [0.2, 0.25) is 5.76 Å². The lowest BCUT2D eigenvalue weighted by molar-refractivity contribution is 0.0962. The Kier molecular flexibility index (Phi) is 3.53. The summed E-state index contributed by atoms with van der Waals surface area (Å²) in [5.41, 5.74) is 1.69. The SMILES string of the molecule is C=CCn1c(=NC(=O)c2cc(C)no2)sc2ccccc21. The van der Waals surface area contributed by atoms with Crippen LogP contribution in [0.3, 0.4) is 0 Å². The van der Waals surface area contributed by atoms with Crippen molar-refractivity contribution in [3.63, 3.8) is 0 Å². The molecule has 6 heteroatoms. The van der Waals surface area contributed by atoms with Crippen LogP contribution in [0.5, 0.6) is 0 Å². The number of hydrogen-bond donors (Lipinski definition) is 0. The van der Waals surface area contributed by atoms with Crippen LogP contribution < -0.4 is 4.80 Å². The maximum Gasteiger partial charge on any atom is 0.318 e. The molecule has 2 aromatic heterocycles. The van der Waals surface area contributed by atoms with E-state index in [9.17, 15) is 4.79 Å². The molecule has 3 aromatic rings. The van der Waals surface area contributed by atoms with Crippen molar-refractivity contribution in [3.8, 4) is 0 Å². The molecule has 2 heterocycles. The molecule has 0 N–H and O–H groups in total. The van der Waals surface area contributed by atoms with Crippen molar-refractivity contribution in [3.05, 3.63) is 59.2 Å². The Morgan fingerprint density at radius 1 is 1.52 bits per heavy atom. The minimum Gasteiger partial charge on any atom is -0.351 e. The zero-order valence-corrected chi connectivity index (χ0v) is 12.3. The number of thiazole rings is 1. The molecular formula is C15H13N3O2S. The zero-order chi connectivity index (χ0) is 14.8. The fourth-order valence-electron chi connectivity index (χ4n) is 2.02. The minimum atomic E-state index is -0.431. The second-order valence-electron chi connectivity index (χ2n) is 4.50. The molecule has 0 aliphatic carbocycles. The smallest absolute Gasteiger partial charge is 0.318 e. The largest absolute Gasteiger partial charge is 0.351 e. The molecule has 1 amide bonds. The molecule has 106 valence electrons. The molecule has 0 radical (unpaired) electrons. The lowest BCUT2D eigenvalue weighted by atomic mass is 10.3. The van der Waals surface area contributed by atoms with Gasteiger partial charge in [-0.3, -0.25) is 4.79 Å². The molecule has 0 saturated heterocycles. The molecule has 0 saturated carbocycles. The average Bonchev–Trinajstić information content (AvgIpc) is 3.04. The molecular weight excluding hydrogens is 286 g/mol. The van der Waals surface area contributed by atoms with Crippen molar-refractivity contribution >= 4 is 27.5 Å². The Morgan fingerprint density at radius 2 is 2.33 bits per heavy atom. The highest BCUT2D eigenvalue weighted by molar-refractivity contribution is 7.16. The van der Waals surface area contributed by atoms with E-state index in [2.05, 4.69) is 16.7 Å². The number of rotatable bonds is 3. The van der Waals surface area contributed by atoms with E-state index in [1.807, 2.05) is 28.8 Å². The molecule has 21 heavy (non-hydrogen) atoms. The van der Waals surface area contributed by atoms with E-state index < -0.39 is 5.91 Å². The maximum atomic E-state index is 12.1. The van der Waals surface area contributed by atoms with Gasteiger partial charge in [-0.25, -0.2) is 0 Å². The Morgan fingerprint density at radius 3 is 3.05 bits per heavy atom. The minimum absolute atomic E-state index is 0.148. The Hall–Kier alpha value is -2.47. The summed E-state index contributed by atoms with van der Waals surface area (Å²) >= 11 is 1.46. The van der Waals surface area contributed by atoms with Crippen molar-refractivity contribution in [1.82, 2.24) is 9.72 Å². The predicted molar refractivity (Wildman–Crippen MR) is 81.1 cm³/mol. The topological polar surface area (TPSA) is 60.4 Å². The number of amides is 1. The molecule has 1 aromatic carbocycles. The van der Waals surface area contributed by atoms with Crippen molar-refractivity contribution in [1.29, 1.82) is 0 Å². The monoisotopic (exact) mass is 299 g/mol. The van der Waals surface area contributed by atoms with E-state index in [-0.39, 0.29) is 5.76 Å². The van der Waals surface area contributed by atoms with Crippen molar-refractivity contribution in [2.45, 2.75) is 13.5 Å². The van der Waals surface area contributed by atoms with Crippen LogP contribution in [0.2, 0.25) is 0 Å². The number of aromatic nitrogens is 2. The third kappa shape index (κ3) is 2.57. The highest BCUT2D eigenvalue weighted by Crippen LogP contribution is 2.16. The summed E-state index contributed by atoms with van der Waals surface area (Å²) in [5.74, 6) is -0.282. The molecule has 0 aliphatic rings. The third-order valence-electron chi connectivity index (χ3n) is 2.94. The highest BCUT2D eigenvalue weighted by Gasteiger charge is 2.12. The number of nitrogens with zero attached hydrogens (tertiary/aromatic N) is 3. The molecule has 0 atom stereocenters. The van der Waals surface area contributed by atoms with Gasteiger partial charge in [0, 0.05) is 12.6 Å². The summed E-state index contributed by atoms with van der Waals surface area (Å²) in [6, 6.07) is 9.50. The number of aryl methyl sites for hydroxylation is 1. The molecule has 0 unspecified atom stereocenters. The third-order valence-corrected chi connectivity index (χ3v) is 4.00. The standard InChI is InChI=1S/C15H13N3O2S/c1-3-8-18-11-6-4-5-7-13(11)21-15(18)16-14(19)12-9-10(2)17-20-12/h3-7,9H,1,8H2,2H3. The normalized spacial score (nSPS) is 12.0.